The molecule has 2 aromatic carbocycles. The molecule has 8 heteroatoms. The van der Waals surface area contributed by atoms with Crippen molar-refractivity contribution in [3.8, 4) is 0 Å². The molecule has 0 amide bonds. The second-order valence-electron chi connectivity index (χ2n) is 6.78. The Kier molecular flexibility index (Phi) is 3.68. The summed E-state index contributed by atoms with van der Waals surface area (Å²) in [5.41, 5.74) is 0.538. The number of nitroso groups, excluding NO2 is 1. The lowest BCUT2D eigenvalue weighted by Gasteiger charge is -2.28. The fraction of sp³-hybridized carbons (Fsp3) is 0.263. The first-order valence-electron chi connectivity index (χ1n) is 8.76. The van der Waals surface area contributed by atoms with Crippen molar-refractivity contribution in [3.63, 3.8) is 0 Å². The molecule has 1 aliphatic heterocycles. The van der Waals surface area contributed by atoms with Crippen molar-refractivity contribution in [1.82, 2.24) is 9.97 Å². The molecule has 6 nitrogen and oxygen atoms in total. The molecule has 136 valence electrons. The number of aromatic amines is 1. The number of hydrogen-bond acceptors (Lipinski definition) is 6. The van der Waals surface area contributed by atoms with Crippen LogP contribution in [0.5, 0.6) is 0 Å². The lowest BCUT2D eigenvalue weighted by molar-refractivity contribution is 0.500. The monoisotopic (exact) mass is 382 g/mol. The van der Waals surface area contributed by atoms with Crippen LogP contribution < -0.4 is 10.5 Å². The van der Waals surface area contributed by atoms with Crippen LogP contribution in [0.25, 0.3) is 31.8 Å². The smallest absolute Gasteiger partial charge is 0.256 e. The first-order valence-corrected chi connectivity index (χ1v) is 9.58. The predicted octanol–water partition coefficient (Wildman–Crippen LogP) is 4.17. The number of piperidine rings is 1. The number of anilines is 1. The Morgan fingerprint density at radius 1 is 1.19 bits per heavy atom. The Hall–Kier alpha value is -2.87. The van der Waals surface area contributed by atoms with Crippen molar-refractivity contribution in [2.24, 2.45) is 5.18 Å². The van der Waals surface area contributed by atoms with E-state index in [1.54, 1.807) is 12.3 Å². The number of pyridine rings is 1. The van der Waals surface area contributed by atoms with E-state index < -0.39 is 0 Å². The minimum Gasteiger partial charge on any atom is -0.348 e. The van der Waals surface area contributed by atoms with Crippen molar-refractivity contribution in [1.29, 1.82) is 0 Å². The van der Waals surface area contributed by atoms with E-state index in [2.05, 4.69) is 15.1 Å². The maximum atomic E-state index is 13.9. The summed E-state index contributed by atoms with van der Waals surface area (Å²) in [4.78, 5) is 32.9. The lowest BCUT2D eigenvalue weighted by Crippen LogP contribution is -2.34. The summed E-state index contributed by atoms with van der Waals surface area (Å²) in [7, 11) is 0. The van der Waals surface area contributed by atoms with Gasteiger partial charge < -0.3 is 9.88 Å². The van der Waals surface area contributed by atoms with Crippen LogP contribution in [0.3, 0.4) is 0 Å². The number of rotatable bonds is 2. The van der Waals surface area contributed by atoms with E-state index in [4.69, 9.17) is 4.98 Å². The number of thiazole rings is 1. The quantitative estimate of drug-likeness (QED) is 0.417. The topological polar surface area (TPSA) is 78.4 Å². The Labute approximate surface area is 156 Å². The second kappa shape index (κ2) is 6.09. The van der Waals surface area contributed by atoms with E-state index in [1.165, 1.54) is 23.5 Å². The number of halogens is 1. The predicted molar refractivity (Wildman–Crippen MR) is 106 cm³/mol. The highest BCUT2D eigenvalue weighted by Gasteiger charge is 2.23. The fourth-order valence-electron chi connectivity index (χ4n) is 3.84. The van der Waals surface area contributed by atoms with E-state index in [1.807, 2.05) is 6.07 Å². The number of benzene rings is 2. The van der Waals surface area contributed by atoms with Crippen LogP contribution in [0.4, 0.5) is 9.52 Å². The normalized spacial score (nSPS) is 15.8. The van der Waals surface area contributed by atoms with Crippen LogP contribution in [0, 0.1) is 10.7 Å². The minimum absolute atomic E-state index is 0.126. The molecule has 4 aromatic rings. The average molecular weight is 382 g/mol. The highest BCUT2D eigenvalue weighted by molar-refractivity contribution is 7.23. The SMILES string of the molecule is O=NC1CCN(c2nc3c4ccc(F)cc4c4c(=O)[nH]ccc4c3s2)CC1. The second-order valence-corrected chi connectivity index (χ2v) is 7.76. The van der Waals surface area contributed by atoms with E-state index in [0.717, 1.165) is 39.2 Å². The van der Waals surface area contributed by atoms with Crippen LogP contribution in [-0.4, -0.2) is 29.1 Å². The van der Waals surface area contributed by atoms with Gasteiger partial charge in [-0.05, 0) is 37.1 Å². The molecule has 0 aliphatic carbocycles. The summed E-state index contributed by atoms with van der Waals surface area (Å²) >= 11 is 1.53. The van der Waals surface area contributed by atoms with Gasteiger partial charge in [-0.1, -0.05) is 16.5 Å². The molecule has 2 aromatic heterocycles. The summed E-state index contributed by atoms with van der Waals surface area (Å²) < 4.78 is 14.8. The summed E-state index contributed by atoms with van der Waals surface area (Å²) in [5.74, 6) is -0.384. The highest BCUT2D eigenvalue weighted by Crippen LogP contribution is 2.40. The van der Waals surface area contributed by atoms with E-state index >= 15 is 0 Å². The molecule has 0 saturated carbocycles. The van der Waals surface area contributed by atoms with Crippen LogP contribution in [0.2, 0.25) is 0 Å². The minimum atomic E-state index is -0.384. The van der Waals surface area contributed by atoms with Crippen molar-refractivity contribution in [2.45, 2.75) is 18.9 Å². The largest absolute Gasteiger partial charge is 0.348 e. The third kappa shape index (κ3) is 2.51. The Morgan fingerprint density at radius 3 is 2.78 bits per heavy atom. The zero-order chi connectivity index (χ0) is 18.5. The summed E-state index contributed by atoms with van der Waals surface area (Å²) in [5, 5.41) is 6.60. The van der Waals surface area contributed by atoms with Gasteiger partial charge in [0.15, 0.2) is 5.13 Å². The molecular weight excluding hydrogens is 367 g/mol. The third-order valence-corrected chi connectivity index (χ3v) is 6.36. The summed E-state index contributed by atoms with van der Waals surface area (Å²) in [6, 6.07) is 6.19. The molecule has 5 rings (SSSR count). The van der Waals surface area contributed by atoms with Gasteiger partial charge in [0, 0.05) is 35.4 Å². The molecule has 0 bridgehead atoms. The van der Waals surface area contributed by atoms with Crippen LogP contribution in [0.1, 0.15) is 12.8 Å². The molecule has 27 heavy (non-hydrogen) atoms. The molecule has 1 aliphatic rings. The van der Waals surface area contributed by atoms with Gasteiger partial charge in [-0.25, -0.2) is 9.37 Å². The molecule has 0 spiro atoms. The molecule has 0 radical (unpaired) electrons. The molecule has 1 saturated heterocycles. The van der Waals surface area contributed by atoms with Gasteiger partial charge in [0.2, 0.25) is 0 Å². The van der Waals surface area contributed by atoms with E-state index in [0.29, 0.717) is 23.6 Å². The highest BCUT2D eigenvalue weighted by atomic mass is 32.1. The molecular formula is C19H15FN4O2S. The van der Waals surface area contributed by atoms with Gasteiger partial charge in [0.25, 0.3) is 5.56 Å². The molecule has 3 heterocycles. The van der Waals surface area contributed by atoms with Crippen LogP contribution in [-0.2, 0) is 0 Å². The Morgan fingerprint density at radius 2 is 2.00 bits per heavy atom. The molecule has 0 unspecified atom stereocenters. The number of nitrogens with zero attached hydrogens (tertiary/aromatic N) is 3. The molecule has 1 N–H and O–H groups in total. The fourth-order valence-corrected chi connectivity index (χ4v) is 5.00. The lowest BCUT2D eigenvalue weighted by atomic mass is 10.0. The van der Waals surface area contributed by atoms with E-state index in [9.17, 15) is 14.1 Å². The summed E-state index contributed by atoms with van der Waals surface area (Å²) in [6.07, 6.45) is 3.04. The van der Waals surface area contributed by atoms with Crippen LogP contribution in [0.15, 0.2) is 40.4 Å². The maximum Gasteiger partial charge on any atom is 0.256 e. The zero-order valence-electron chi connectivity index (χ0n) is 14.2. The van der Waals surface area contributed by atoms with Gasteiger partial charge in [0.05, 0.1) is 21.6 Å². The van der Waals surface area contributed by atoms with Gasteiger partial charge in [-0.15, -0.1) is 0 Å². The van der Waals surface area contributed by atoms with Gasteiger partial charge >= 0.3 is 0 Å². The van der Waals surface area contributed by atoms with Crippen molar-refractivity contribution in [2.75, 3.05) is 18.0 Å². The number of nitrogens with one attached hydrogen (secondary N) is 1. The van der Waals surface area contributed by atoms with Crippen molar-refractivity contribution >= 4 is 48.2 Å². The third-order valence-electron chi connectivity index (χ3n) is 5.21. The van der Waals surface area contributed by atoms with Gasteiger partial charge in [-0.3, -0.25) is 4.79 Å². The maximum absolute atomic E-state index is 13.9. The Bertz CT molecular complexity index is 1260. The zero-order valence-corrected chi connectivity index (χ0v) is 15.1. The molecule has 1 fully saturated rings. The average Bonchev–Trinajstić information content (AvgIpc) is 3.13. The summed E-state index contributed by atoms with van der Waals surface area (Å²) in [6.45, 7) is 1.45. The van der Waals surface area contributed by atoms with Crippen molar-refractivity contribution in [3.05, 3.63) is 51.5 Å². The van der Waals surface area contributed by atoms with E-state index in [-0.39, 0.29) is 17.4 Å². The number of aromatic nitrogens is 2. The first kappa shape index (κ1) is 16.3. The standard InChI is InChI=1S/C19H15FN4O2S/c20-10-1-2-12-14(9-10)15-13(3-6-21-18(15)25)17-16(12)22-19(27-17)24-7-4-11(23-26)5-8-24/h1-3,6,9,11H,4-5,7-8H2,(H,21,25). The number of H-pyrrole nitrogens is 1. The van der Waals surface area contributed by atoms with Crippen molar-refractivity contribution < 1.29 is 4.39 Å². The number of hydrogen-bond donors (Lipinski definition) is 1. The van der Waals surface area contributed by atoms with Gasteiger partial charge in [0.1, 0.15) is 5.82 Å². The molecule has 0 atom stereocenters. The number of fused-ring (bicyclic) bond motifs is 6. The Balaban J connectivity index is 1.78. The van der Waals surface area contributed by atoms with Gasteiger partial charge in [-0.2, -0.15) is 4.91 Å². The van der Waals surface area contributed by atoms with Crippen LogP contribution >= 0.6 is 11.3 Å². The first-order chi connectivity index (χ1) is 13.2.